The summed E-state index contributed by atoms with van der Waals surface area (Å²) in [6, 6.07) is 23.8. The smallest absolute Gasteiger partial charge is 0.321 e. The third kappa shape index (κ3) is 4.28. The van der Waals surface area contributed by atoms with Crippen LogP contribution >= 0.6 is 0 Å². The highest BCUT2D eigenvalue weighted by atomic mass is 16.5. The normalized spacial score (nSPS) is 17.9. The molecule has 0 bridgehead atoms. The Labute approximate surface area is 217 Å². The van der Waals surface area contributed by atoms with Crippen LogP contribution in [-0.2, 0) is 0 Å². The van der Waals surface area contributed by atoms with Gasteiger partial charge >= 0.3 is 12.1 Å². The van der Waals surface area contributed by atoms with Crippen LogP contribution in [0.25, 0.3) is 11.1 Å². The SMILES string of the molecule is COc1ccccc1NC(=O)N1CCC2(CC1)CCN(C(=O)NC1c3ccccc3-c3ccccc31)C2. The molecule has 2 heterocycles. The minimum Gasteiger partial charge on any atom is -0.495 e. The third-order valence-electron chi connectivity index (χ3n) is 8.29. The molecule has 37 heavy (non-hydrogen) atoms. The van der Waals surface area contributed by atoms with Crippen molar-refractivity contribution in [3.8, 4) is 16.9 Å². The van der Waals surface area contributed by atoms with Gasteiger partial charge in [0, 0.05) is 26.2 Å². The fourth-order valence-electron chi connectivity index (χ4n) is 6.17. The van der Waals surface area contributed by atoms with Gasteiger partial charge < -0.3 is 25.2 Å². The standard InChI is InChI=1S/C30H32N4O3/c1-37-26-13-7-6-12-25(26)31-28(35)33-17-14-30(15-18-33)16-19-34(20-30)29(36)32-27-23-10-4-2-8-21(23)22-9-3-5-11-24(22)27/h2-13,27H,14-20H2,1H3,(H,31,35)(H,32,36). The van der Waals surface area contributed by atoms with Crippen LogP contribution in [0.4, 0.5) is 15.3 Å². The summed E-state index contributed by atoms with van der Waals surface area (Å²) in [5.41, 5.74) is 5.44. The molecule has 1 aliphatic carbocycles. The number of methoxy groups -OCH3 is 1. The van der Waals surface area contributed by atoms with Crippen molar-refractivity contribution < 1.29 is 14.3 Å². The number of fused-ring (bicyclic) bond motifs is 3. The van der Waals surface area contributed by atoms with E-state index in [1.165, 1.54) is 11.1 Å². The molecule has 190 valence electrons. The largest absolute Gasteiger partial charge is 0.495 e. The zero-order chi connectivity index (χ0) is 25.4. The average Bonchev–Trinajstić information content (AvgIpc) is 3.49. The Bertz CT molecular complexity index is 1290. The first-order valence-electron chi connectivity index (χ1n) is 13.0. The Morgan fingerprint density at radius 3 is 2.00 bits per heavy atom. The number of carbonyl (C=O) groups excluding carboxylic acids is 2. The number of piperidine rings is 1. The summed E-state index contributed by atoms with van der Waals surface area (Å²) in [5.74, 6) is 0.647. The van der Waals surface area contributed by atoms with Crippen LogP contribution in [0.2, 0.25) is 0 Å². The number of amides is 4. The van der Waals surface area contributed by atoms with Crippen LogP contribution in [0.5, 0.6) is 5.75 Å². The minimum absolute atomic E-state index is 0.00951. The van der Waals surface area contributed by atoms with Gasteiger partial charge in [-0.05, 0) is 59.1 Å². The van der Waals surface area contributed by atoms with Crippen molar-refractivity contribution in [1.82, 2.24) is 15.1 Å². The first-order chi connectivity index (χ1) is 18.1. The van der Waals surface area contributed by atoms with E-state index in [0.717, 1.165) is 43.5 Å². The lowest BCUT2D eigenvalue weighted by molar-refractivity contribution is 0.127. The van der Waals surface area contributed by atoms with Crippen molar-refractivity contribution in [1.29, 1.82) is 0 Å². The van der Waals surface area contributed by atoms with Gasteiger partial charge in [0.05, 0.1) is 18.8 Å². The highest BCUT2D eigenvalue weighted by Gasteiger charge is 2.43. The molecule has 0 saturated carbocycles. The van der Waals surface area contributed by atoms with Gasteiger partial charge in [0.1, 0.15) is 5.75 Å². The van der Waals surface area contributed by atoms with Gasteiger partial charge in [0.2, 0.25) is 0 Å². The molecule has 0 aromatic heterocycles. The molecule has 4 amide bonds. The lowest BCUT2D eigenvalue weighted by Gasteiger charge is -2.39. The number of anilines is 1. The summed E-state index contributed by atoms with van der Waals surface area (Å²) in [6.07, 6.45) is 2.76. The van der Waals surface area contributed by atoms with E-state index in [1.807, 2.05) is 58.3 Å². The van der Waals surface area contributed by atoms with E-state index in [9.17, 15) is 9.59 Å². The van der Waals surface area contributed by atoms with Gasteiger partial charge in [-0.2, -0.15) is 0 Å². The second kappa shape index (κ2) is 9.47. The highest BCUT2D eigenvalue weighted by molar-refractivity contribution is 5.91. The average molecular weight is 497 g/mol. The molecule has 2 aliphatic heterocycles. The number of rotatable bonds is 3. The molecule has 0 radical (unpaired) electrons. The van der Waals surface area contributed by atoms with Gasteiger partial charge in [-0.25, -0.2) is 9.59 Å². The summed E-state index contributed by atoms with van der Waals surface area (Å²) < 4.78 is 5.35. The number of urea groups is 2. The molecule has 2 N–H and O–H groups in total. The minimum atomic E-state index is -0.128. The number of hydrogen-bond donors (Lipinski definition) is 2. The number of para-hydroxylation sites is 2. The van der Waals surface area contributed by atoms with E-state index < -0.39 is 0 Å². The summed E-state index contributed by atoms with van der Waals surface area (Å²) in [4.78, 5) is 30.1. The van der Waals surface area contributed by atoms with Crippen LogP contribution < -0.4 is 15.4 Å². The van der Waals surface area contributed by atoms with E-state index in [0.29, 0.717) is 24.5 Å². The fourth-order valence-corrected chi connectivity index (χ4v) is 6.17. The fraction of sp³-hybridized carbons (Fsp3) is 0.333. The Hall–Kier alpha value is -4.00. The highest BCUT2D eigenvalue weighted by Crippen LogP contribution is 2.44. The molecule has 0 atom stereocenters. The summed E-state index contributed by atoms with van der Waals surface area (Å²) in [6.45, 7) is 2.84. The second-order valence-corrected chi connectivity index (χ2v) is 10.3. The maximum Gasteiger partial charge on any atom is 0.321 e. The number of ether oxygens (including phenoxy) is 1. The van der Waals surface area contributed by atoms with E-state index >= 15 is 0 Å². The molecule has 7 nitrogen and oxygen atoms in total. The topological polar surface area (TPSA) is 73.9 Å². The molecule has 1 spiro atoms. The van der Waals surface area contributed by atoms with Gasteiger partial charge in [0.15, 0.2) is 0 Å². The summed E-state index contributed by atoms with van der Waals surface area (Å²) in [7, 11) is 1.60. The second-order valence-electron chi connectivity index (χ2n) is 10.3. The van der Waals surface area contributed by atoms with Crippen LogP contribution in [0, 0.1) is 5.41 Å². The molecule has 2 saturated heterocycles. The summed E-state index contributed by atoms with van der Waals surface area (Å²) >= 11 is 0. The Kier molecular flexibility index (Phi) is 5.99. The quantitative estimate of drug-likeness (QED) is 0.503. The first kappa shape index (κ1) is 23.4. The summed E-state index contributed by atoms with van der Waals surface area (Å²) in [5, 5.41) is 6.30. The molecule has 3 aromatic rings. The molecule has 3 aliphatic rings. The molecule has 7 heteroatoms. The molecular weight excluding hydrogens is 464 g/mol. The van der Waals surface area contributed by atoms with Crippen LogP contribution in [0.1, 0.15) is 36.4 Å². The zero-order valence-corrected chi connectivity index (χ0v) is 21.1. The van der Waals surface area contributed by atoms with E-state index in [1.54, 1.807) is 7.11 Å². The lowest BCUT2D eigenvalue weighted by atomic mass is 9.78. The molecule has 0 unspecified atom stereocenters. The van der Waals surface area contributed by atoms with Crippen LogP contribution in [0.15, 0.2) is 72.8 Å². The van der Waals surface area contributed by atoms with Gasteiger partial charge in [-0.3, -0.25) is 0 Å². The number of carbonyl (C=O) groups is 2. The Morgan fingerprint density at radius 2 is 1.35 bits per heavy atom. The number of hydrogen-bond acceptors (Lipinski definition) is 3. The van der Waals surface area contributed by atoms with Gasteiger partial charge in [-0.15, -0.1) is 0 Å². The van der Waals surface area contributed by atoms with Crippen LogP contribution in [0.3, 0.4) is 0 Å². The van der Waals surface area contributed by atoms with Crippen molar-refractivity contribution in [2.45, 2.75) is 25.3 Å². The van der Waals surface area contributed by atoms with Gasteiger partial charge in [-0.1, -0.05) is 60.7 Å². The van der Waals surface area contributed by atoms with Crippen molar-refractivity contribution in [3.63, 3.8) is 0 Å². The molecular formula is C30H32N4O3. The third-order valence-corrected chi connectivity index (χ3v) is 8.29. The van der Waals surface area contributed by atoms with Crippen molar-refractivity contribution >= 4 is 17.7 Å². The zero-order valence-electron chi connectivity index (χ0n) is 21.1. The van der Waals surface area contributed by atoms with E-state index in [2.05, 4.69) is 34.9 Å². The van der Waals surface area contributed by atoms with E-state index in [4.69, 9.17) is 4.74 Å². The Balaban J connectivity index is 1.07. The van der Waals surface area contributed by atoms with Crippen LogP contribution in [-0.4, -0.2) is 55.2 Å². The Morgan fingerprint density at radius 1 is 0.784 bits per heavy atom. The maximum absolute atomic E-state index is 13.4. The molecule has 2 fully saturated rings. The van der Waals surface area contributed by atoms with E-state index in [-0.39, 0.29) is 23.5 Å². The predicted molar refractivity (Wildman–Crippen MR) is 144 cm³/mol. The first-order valence-corrected chi connectivity index (χ1v) is 13.0. The van der Waals surface area contributed by atoms with Crippen molar-refractivity contribution in [2.75, 3.05) is 38.6 Å². The number of likely N-dealkylation sites (tertiary alicyclic amines) is 2. The number of nitrogens with zero attached hydrogens (tertiary/aromatic N) is 2. The van der Waals surface area contributed by atoms with Crippen molar-refractivity contribution in [2.24, 2.45) is 5.41 Å². The number of nitrogens with one attached hydrogen (secondary N) is 2. The number of benzene rings is 3. The molecule has 3 aromatic carbocycles. The predicted octanol–water partition coefficient (Wildman–Crippen LogP) is 5.49. The lowest BCUT2D eigenvalue weighted by Crippen LogP contribution is -2.47. The monoisotopic (exact) mass is 496 g/mol. The maximum atomic E-state index is 13.4. The van der Waals surface area contributed by atoms with Gasteiger partial charge in [0.25, 0.3) is 0 Å². The molecule has 6 rings (SSSR count). The van der Waals surface area contributed by atoms with Crippen molar-refractivity contribution in [3.05, 3.63) is 83.9 Å².